The molecule has 1 aliphatic heterocycles. The zero-order valence-electron chi connectivity index (χ0n) is 13.8. The minimum atomic E-state index is -3.34. The van der Waals surface area contributed by atoms with Crippen molar-refractivity contribution in [3.8, 4) is 5.75 Å². The highest BCUT2D eigenvalue weighted by atomic mass is 32.2. The summed E-state index contributed by atoms with van der Waals surface area (Å²) < 4.78 is 30.7. The van der Waals surface area contributed by atoms with E-state index in [9.17, 15) is 8.42 Å². The van der Waals surface area contributed by atoms with E-state index >= 15 is 0 Å². The molecule has 1 unspecified atom stereocenters. The summed E-state index contributed by atoms with van der Waals surface area (Å²) in [5.41, 5.74) is 1.14. The fourth-order valence-electron chi connectivity index (χ4n) is 2.98. The number of hydrogen-bond acceptors (Lipinski definition) is 7. The van der Waals surface area contributed by atoms with Crippen molar-refractivity contribution in [2.45, 2.75) is 24.8 Å². The minimum Gasteiger partial charge on any atom is -0.486 e. The van der Waals surface area contributed by atoms with Crippen molar-refractivity contribution in [3.63, 3.8) is 0 Å². The van der Waals surface area contributed by atoms with E-state index in [0.29, 0.717) is 18.1 Å². The number of nitrogens with one attached hydrogen (secondary N) is 1. The van der Waals surface area contributed by atoms with Crippen molar-refractivity contribution < 1.29 is 13.2 Å². The molecule has 0 saturated heterocycles. The van der Waals surface area contributed by atoms with Gasteiger partial charge in [0.15, 0.2) is 9.84 Å². The maximum atomic E-state index is 12.4. The Morgan fingerprint density at radius 1 is 1.28 bits per heavy atom. The summed E-state index contributed by atoms with van der Waals surface area (Å²) in [4.78, 5) is 11.0. The Morgan fingerprint density at radius 2 is 2.08 bits per heavy atom. The van der Waals surface area contributed by atoms with Gasteiger partial charge in [-0.15, -0.1) is 11.3 Å². The van der Waals surface area contributed by atoms with Gasteiger partial charge in [0.2, 0.25) is 0 Å². The highest BCUT2D eigenvalue weighted by molar-refractivity contribution is 7.91. The van der Waals surface area contributed by atoms with Crippen LogP contribution in [0.3, 0.4) is 0 Å². The van der Waals surface area contributed by atoms with E-state index in [1.54, 1.807) is 35.6 Å². The van der Waals surface area contributed by atoms with E-state index in [1.807, 2.05) is 6.92 Å². The van der Waals surface area contributed by atoms with Gasteiger partial charge >= 0.3 is 0 Å². The lowest BCUT2D eigenvalue weighted by molar-refractivity contribution is 0.223. The Bertz CT molecular complexity index is 1060. The summed E-state index contributed by atoms with van der Waals surface area (Å²) in [6.45, 7) is 4.45. The van der Waals surface area contributed by atoms with Crippen LogP contribution >= 0.6 is 11.3 Å². The van der Waals surface area contributed by atoms with E-state index in [-0.39, 0.29) is 10.6 Å². The Morgan fingerprint density at radius 3 is 2.92 bits per heavy atom. The molecule has 1 aromatic carbocycles. The van der Waals surface area contributed by atoms with Crippen LogP contribution in [-0.2, 0) is 9.84 Å². The summed E-state index contributed by atoms with van der Waals surface area (Å²) in [6.07, 6.45) is 1.05. The molecule has 3 heterocycles. The summed E-state index contributed by atoms with van der Waals surface area (Å²) in [5, 5.41) is 4.24. The van der Waals surface area contributed by atoms with Crippen molar-refractivity contribution in [1.29, 1.82) is 0 Å². The van der Waals surface area contributed by atoms with E-state index in [0.717, 1.165) is 15.8 Å². The zero-order chi connectivity index (χ0) is 17.6. The van der Waals surface area contributed by atoms with Crippen molar-refractivity contribution in [2.75, 3.05) is 17.6 Å². The molecule has 1 aliphatic rings. The first-order valence-corrected chi connectivity index (χ1v) is 10.4. The SMILES string of the molecule is Cc1sc2ncnc(NCC3CS(=O)(=O)c4ccccc4O3)c2c1C. The number of aryl methyl sites for hydroxylation is 2. The second-order valence-electron chi connectivity index (χ2n) is 6.03. The van der Waals surface area contributed by atoms with Crippen molar-refractivity contribution >= 4 is 37.2 Å². The van der Waals surface area contributed by atoms with Crippen LogP contribution in [0, 0.1) is 13.8 Å². The van der Waals surface area contributed by atoms with Crippen LogP contribution in [0.2, 0.25) is 0 Å². The molecule has 1 N–H and O–H groups in total. The number of sulfone groups is 1. The molecule has 25 heavy (non-hydrogen) atoms. The van der Waals surface area contributed by atoms with Crippen LogP contribution in [0.4, 0.5) is 5.82 Å². The molecular formula is C17H17N3O3S2. The third kappa shape index (κ3) is 2.85. The Labute approximate surface area is 149 Å². The van der Waals surface area contributed by atoms with Crippen LogP contribution < -0.4 is 10.1 Å². The fraction of sp³-hybridized carbons (Fsp3) is 0.294. The van der Waals surface area contributed by atoms with Gasteiger partial charge in [-0.05, 0) is 31.5 Å². The molecule has 0 amide bonds. The highest BCUT2D eigenvalue weighted by Crippen LogP contribution is 2.33. The van der Waals surface area contributed by atoms with Crippen LogP contribution in [0.25, 0.3) is 10.2 Å². The monoisotopic (exact) mass is 375 g/mol. The molecular weight excluding hydrogens is 358 g/mol. The molecule has 3 aromatic rings. The van der Waals surface area contributed by atoms with Gasteiger partial charge in [0, 0.05) is 4.88 Å². The van der Waals surface area contributed by atoms with Crippen molar-refractivity contribution in [2.24, 2.45) is 0 Å². The Balaban J connectivity index is 1.59. The smallest absolute Gasteiger partial charge is 0.185 e. The van der Waals surface area contributed by atoms with Gasteiger partial charge in [0.05, 0.1) is 17.7 Å². The number of thiophene rings is 1. The van der Waals surface area contributed by atoms with Crippen molar-refractivity contribution in [1.82, 2.24) is 9.97 Å². The Hall–Kier alpha value is -2.19. The van der Waals surface area contributed by atoms with Crippen LogP contribution in [-0.4, -0.2) is 36.8 Å². The summed E-state index contributed by atoms with van der Waals surface area (Å²) in [6, 6.07) is 6.75. The van der Waals surface area contributed by atoms with Gasteiger partial charge in [-0.25, -0.2) is 18.4 Å². The number of anilines is 1. The molecule has 130 valence electrons. The van der Waals surface area contributed by atoms with E-state index < -0.39 is 15.9 Å². The number of benzene rings is 1. The number of rotatable bonds is 3. The van der Waals surface area contributed by atoms with Gasteiger partial charge in [-0.1, -0.05) is 12.1 Å². The molecule has 0 bridgehead atoms. The third-order valence-electron chi connectivity index (χ3n) is 4.35. The molecule has 0 saturated carbocycles. The summed E-state index contributed by atoms with van der Waals surface area (Å²) in [5.74, 6) is 1.08. The average Bonchev–Trinajstić information content (AvgIpc) is 2.87. The number of aromatic nitrogens is 2. The third-order valence-corrected chi connectivity index (χ3v) is 7.28. The number of nitrogens with zero attached hydrogens (tertiary/aromatic N) is 2. The largest absolute Gasteiger partial charge is 0.486 e. The lowest BCUT2D eigenvalue weighted by atomic mass is 10.2. The molecule has 0 radical (unpaired) electrons. The number of fused-ring (bicyclic) bond motifs is 2. The molecule has 2 aromatic heterocycles. The van der Waals surface area contributed by atoms with Gasteiger partial charge < -0.3 is 10.1 Å². The predicted molar refractivity (Wildman–Crippen MR) is 98.3 cm³/mol. The van der Waals surface area contributed by atoms with Crippen LogP contribution in [0.1, 0.15) is 10.4 Å². The van der Waals surface area contributed by atoms with Gasteiger partial charge in [-0.2, -0.15) is 0 Å². The number of ether oxygens (including phenoxy) is 1. The maximum Gasteiger partial charge on any atom is 0.185 e. The van der Waals surface area contributed by atoms with Gasteiger partial charge in [0.1, 0.15) is 33.7 Å². The van der Waals surface area contributed by atoms with Crippen molar-refractivity contribution in [3.05, 3.63) is 41.0 Å². The van der Waals surface area contributed by atoms with Crippen LogP contribution in [0.5, 0.6) is 5.75 Å². The Kier molecular flexibility index (Phi) is 3.88. The number of hydrogen-bond donors (Lipinski definition) is 1. The normalized spacial score (nSPS) is 18.6. The summed E-state index contributed by atoms with van der Waals surface area (Å²) in [7, 11) is -3.34. The standard InChI is InChI=1S/C17H17N3O3S2/c1-10-11(2)24-17-15(10)16(19-9-20-17)18-7-12-8-25(21,22)14-6-4-3-5-13(14)23-12/h3-6,9,12H,7-8H2,1-2H3,(H,18,19,20). The molecule has 0 fully saturated rings. The first-order chi connectivity index (χ1) is 12.0. The van der Waals surface area contributed by atoms with Crippen LogP contribution in [0.15, 0.2) is 35.5 Å². The first kappa shape index (κ1) is 16.3. The highest BCUT2D eigenvalue weighted by Gasteiger charge is 2.31. The second-order valence-corrected chi connectivity index (χ2v) is 9.24. The molecule has 0 aliphatic carbocycles. The van der Waals surface area contributed by atoms with E-state index in [1.165, 1.54) is 11.2 Å². The second kappa shape index (κ2) is 5.96. The maximum absolute atomic E-state index is 12.4. The first-order valence-electron chi connectivity index (χ1n) is 7.89. The molecule has 0 spiro atoms. The fourth-order valence-corrected chi connectivity index (χ4v) is 5.54. The molecule has 4 rings (SSSR count). The average molecular weight is 375 g/mol. The quantitative estimate of drug-likeness (QED) is 0.758. The number of para-hydroxylation sites is 1. The van der Waals surface area contributed by atoms with Gasteiger partial charge in [0.25, 0.3) is 0 Å². The van der Waals surface area contributed by atoms with E-state index in [4.69, 9.17) is 4.74 Å². The lowest BCUT2D eigenvalue weighted by Crippen LogP contribution is -2.37. The topological polar surface area (TPSA) is 81.2 Å². The predicted octanol–water partition coefficient (Wildman–Crippen LogP) is 2.95. The molecule has 8 heteroatoms. The summed E-state index contributed by atoms with van der Waals surface area (Å²) >= 11 is 1.63. The minimum absolute atomic E-state index is 0.0487. The zero-order valence-corrected chi connectivity index (χ0v) is 15.4. The lowest BCUT2D eigenvalue weighted by Gasteiger charge is -2.26. The van der Waals surface area contributed by atoms with Gasteiger partial charge in [-0.3, -0.25) is 0 Å². The van der Waals surface area contributed by atoms with E-state index in [2.05, 4.69) is 22.2 Å². The molecule has 1 atom stereocenters. The molecule has 6 nitrogen and oxygen atoms in total.